The van der Waals surface area contributed by atoms with E-state index >= 15 is 4.39 Å². The van der Waals surface area contributed by atoms with Crippen molar-refractivity contribution in [1.82, 2.24) is 60.2 Å². The molecule has 5 aliphatic rings. The third-order valence-corrected chi connectivity index (χ3v) is 17.5. The molecule has 5 aromatic rings. The number of ether oxygens (including phenoxy) is 2. The maximum Gasteiger partial charge on any atom is 0.319 e. The average Bonchev–Trinajstić information content (AvgIpc) is 3.61. The van der Waals surface area contributed by atoms with Crippen LogP contribution in [-0.4, -0.2) is 197 Å². The molecule has 21 heteroatoms. The molecule has 3 N–H and O–H groups in total. The molecule has 5 amide bonds. The fraction of sp³-hybridized carbons (Fsp3) is 0.532. The molecule has 3 aromatic carbocycles. The van der Waals surface area contributed by atoms with Crippen LogP contribution in [0.15, 0.2) is 77.7 Å². The van der Waals surface area contributed by atoms with Gasteiger partial charge in [0.05, 0.1) is 43.4 Å². The number of likely N-dealkylation sites (tertiary alicyclic amines) is 2. The van der Waals surface area contributed by atoms with Crippen LogP contribution in [0.3, 0.4) is 0 Å². The van der Waals surface area contributed by atoms with Gasteiger partial charge < -0.3 is 39.7 Å². The van der Waals surface area contributed by atoms with Crippen molar-refractivity contribution >= 4 is 40.3 Å². The van der Waals surface area contributed by atoms with Crippen molar-refractivity contribution in [1.29, 1.82) is 0 Å². The van der Waals surface area contributed by atoms with Gasteiger partial charge in [-0.3, -0.25) is 38.6 Å². The fourth-order valence-corrected chi connectivity index (χ4v) is 12.8. The van der Waals surface area contributed by atoms with Crippen LogP contribution in [0.4, 0.5) is 4.39 Å². The van der Waals surface area contributed by atoms with E-state index < -0.39 is 17.8 Å². The Balaban J connectivity index is 0.650. The van der Waals surface area contributed by atoms with Crippen molar-refractivity contribution < 1.29 is 37.8 Å². The van der Waals surface area contributed by atoms with Crippen molar-refractivity contribution in [2.24, 2.45) is 11.8 Å². The molecule has 83 heavy (non-hydrogen) atoms. The minimum absolute atomic E-state index is 0.00185. The molecule has 2 aromatic heterocycles. The first kappa shape index (κ1) is 58.8. The first-order valence-corrected chi connectivity index (χ1v) is 29.9. The molecular weight excluding hydrogens is 1060 g/mol. The van der Waals surface area contributed by atoms with E-state index in [1.54, 1.807) is 40.3 Å². The van der Waals surface area contributed by atoms with Gasteiger partial charge in [-0.15, -0.1) is 0 Å². The summed E-state index contributed by atoms with van der Waals surface area (Å²) < 4.78 is 26.0. The van der Waals surface area contributed by atoms with Crippen LogP contribution < -0.4 is 25.7 Å². The number of piperidine rings is 2. The quantitative estimate of drug-likeness (QED) is 0.101. The number of benzene rings is 3. The van der Waals surface area contributed by atoms with Crippen LogP contribution in [0.25, 0.3) is 10.8 Å². The van der Waals surface area contributed by atoms with E-state index in [0.29, 0.717) is 118 Å². The molecule has 5 fully saturated rings. The van der Waals surface area contributed by atoms with Gasteiger partial charge in [0, 0.05) is 114 Å². The Bertz CT molecular complexity index is 3150. The molecule has 1 aliphatic carbocycles. The maximum atomic E-state index is 15.2. The number of hydrogen-bond donors (Lipinski definition) is 3. The summed E-state index contributed by atoms with van der Waals surface area (Å²) in [6.45, 7) is 11.0. The average molecular weight is 1140 g/mol. The third kappa shape index (κ3) is 14.7. The summed E-state index contributed by atoms with van der Waals surface area (Å²) in [5.41, 5.74) is 3.25. The number of amides is 5. The second-order valence-electron chi connectivity index (χ2n) is 22.9. The number of H-pyrrole nitrogens is 1. The van der Waals surface area contributed by atoms with Crippen LogP contribution >= 0.6 is 0 Å². The second-order valence-corrected chi connectivity index (χ2v) is 22.9. The minimum Gasteiger partial charge on any atom is -0.478 e. The number of nitrogens with one attached hydrogen (secondary N) is 3. The van der Waals surface area contributed by atoms with E-state index in [1.807, 2.05) is 53.1 Å². The topological polar surface area (TPSA) is 219 Å². The number of hydrogen-bond acceptors (Lipinski definition) is 14. The van der Waals surface area contributed by atoms with Crippen LogP contribution in [0.5, 0.6) is 11.9 Å². The monoisotopic (exact) mass is 1140 g/mol. The Labute approximate surface area is 484 Å². The Morgan fingerprint density at radius 2 is 1.51 bits per heavy atom. The number of halogens is 1. The number of piperazine rings is 2. The Kier molecular flexibility index (Phi) is 19.7. The molecule has 0 unspecified atom stereocenters. The number of rotatable bonds is 19. The molecule has 0 bridgehead atoms. The molecular formula is C62H79FN12O8. The van der Waals surface area contributed by atoms with Crippen molar-refractivity contribution in [2.75, 3.05) is 112 Å². The zero-order chi connectivity index (χ0) is 57.8. The zero-order valence-corrected chi connectivity index (χ0v) is 48.0. The lowest BCUT2D eigenvalue weighted by Gasteiger charge is -2.41. The lowest BCUT2D eigenvalue weighted by atomic mass is 9.83. The predicted molar refractivity (Wildman–Crippen MR) is 311 cm³/mol. The summed E-state index contributed by atoms with van der Waals surface area (Å²) in [7, 11) is 1.50. The van der Waals surface area contributed by atoms with Gasteiger partial charge in [-0.05, 0) is 112 Å². The molecule has 20 nitrogen and oxygen atoms in total. The van der Waals surface area contributed by atoms with Gasteiger partial charge >= 0.3 is 6.01 Å². The number of aromatic amines is 1. The van der Waals surface area contributed by atoms with Gasteiger partial charge in [-0.1, -0.05) is 55.7 Å². The molecule has 4 saturated heterocycles. The van der Waals surface area contributed by atoms with Gasteiger partial charge in [0.15, 0.2) is 0 Å². The Hall–Kier alpha value is -7.36. The smallest absolute Gasteiger partial charge is 0.319 e. The highest BCUT2D eigenvalue weighted by atomic mass is 19.1. The van der Waals surface area contributed by atoms with E-state index in [-0.39, 0.29) is 59.1 Å². The number of aromatic nitrogens is 4. The SMILES string of the molecule is CCOc1nc(OC)ncc1CNCC(=O)N1CCC[C@@H](c2cccc(C(=O)N[C@@H](C(=O)N3CCN(CC4CCN(CC(=O)N5CCN(C(=O)c6cc(Cc7n[nH]c(=O)c8ccccc78)ccc6F)CC5)CC4)CC3)C3CCCCC3)c2)C1. The summed E-state index contributed by atoms with van der Waals surface area (Å²) in [6.07, 6.45) is 10.6. The summed E-state index contributed by atoms with van der Waals surface area (Å²) in [5, 5.41) is 14.5. The van der Waals surface area contributed by atoms with Gasteiger partial charge in [0.1, 0.15) is 11.9 Å². The highest BCUT2D eigenvalue weighted by molar-refractivity contribution is 5.98. The van der Waals surface area contributed by atoms with Gasteiger partial charge in [-0.2, -0.15) is 10.1 Å². The summed E-state index contributed by atoms with van der Waals surface area (Å²) >= 11 is 0. The summed E-state index contributed by atoms with van der Waals surface area (Å²) in [5.74, 6) is -0.210. The summed E-state index contributed by atoms with van der Waals surface area (Å²) in [6, 6.07) is 19.0. The maximum absolute atomic E-state index is 15.2. The van der Waals surface area contributed by atoms with E-state index in [4.69, 9.17) is 9.47 Å². The molecule has 1 saturated carbocycles. The van der Waals surface area contributed by atoms with Crippen LogP contribution in [-0.2, 0) is 27.3 Å². The highest BCUT2D eigenvalue weighted by Crippen LogP contribution is 2.31. The second kappa shape index (κ2) is 27.8. The molecule has 4 aliphatic heterocycles. The molecule has 442 valence electrons. The Morgan fingerprint density at radius 1 is 0.759 bits per heavy atom. The predicted octanol–water partition coefficient (Wildman–Crippen LogP) is 4.87. The number of methoxy groups -OCH3 is 1. The molecule has 0 spiro atoms. The molecule has 10 rings (SSSR count). The van der Waals surface area contributed by atoms with Crippen LogP contribution in [0, 0.1) is 17.7 Å². The van der Waals surface area contributed by atoms with Crippen molar-refractivity contribution in [3.63, 3.8) is 0 Å². The molecule has 0 radical (unpaired) electrons. The normalized spacial score (nSPS) is 19.1. The van der Waals surface area contributed by atoms with Crippen LogP contribution in [0.2, 0.25) is 0 Å². The Morgan fingerprint density at radius 3 is 2.27 bits per heavy atom. The van der Waals surface area contributed by atoms with Crippen molar-refractivity contribution in [3.8, 4) is 11.9 Å². The third-order valence-electron chi connectivity index (χ3n) is 17.5. The van der Waals surface area contributed by atoms with E-state index in [2.05, 4.69) is 40.6 Å². The van der Waals surface area contributed by atoms with Gasteiger partial charge in [0.2, 0.25) is 23.6 Å². The molecule has 2 atom stereocenters. The standard InChI is InChI=1S/C62H79FN12O8/c1-3-83-59-48(37-65-62(67-59)82-2)36-64-38-54(76)75-22-10-15-47(40-75)45-13-9-14-46(35-45)57(78)66-56(44-11-5-4-6-12-44)61(81)74-27-25-71(26-28-74)39-42-20-23-70(24-21-42)41-55(77)72-29-31-73(32-30-72)60(80)51-33-43(18-19-52(51)63)34-53-49-16-7-8-17-50(49)58(79)69-68-53/h7-9,13-14,16-19,33,35,37,42,44,47,56,64H,3-6,10-12,15,20-32,34,36,38-41H2,1-2H3,(H,66,78)(H,69,79)/t47-,56-/m1/s1. The van der Waals surface area contributed by atoms with E-state index in [0.717, 1.165) is 102 Å². The summed E-state index contributed by atoms with van der Waals surface area (Å²) in [4.78, 5) is 102. The van der Waals surface area contributed by atoms with E-state index in [9.17, 15) is 28.8 Å². The van der Waals surface area contributed by atoms with Crippen molar-refractivity contribution in [3.05, 3.63) is 123 Å². The number of carbonyl (C=O) groups is 5. The van der Waals surface area contributed by atoms with E-state index in [1.165, 1.54) is 13.2 Å². The first-order chi connectivity index (χ1) is 40.4. The number of carbonyl (C=O) groups excluding carboxylic acids is 5. The number of fused-ring (bicyclic) bond motifs is 1. The first-order valence-electron chi connectivity index (χ1n) is 29.9. The fourth-order valence-electron chi connectivity index (χ4n) is 12.8. The lowest BCUT2D eigenvalue weighted by Crippen LogP contribution is -2.57. The van der Waals surface area contributed by atoms with Crippen LogP contribution in [0.1, 0.15) is 114 Å². The largest absolute Gasteiger partial charge is 0.478 e. The highest BCUT2D eigenvalue weighted by Gasteiger charge is 2.37. The lowest BCUT2D eigenvalue weighted by molar-refractivity contribution is -0.137. The van der Waals surface area contributed by atoms with Crippen molar-refractivity contribution in [2.45, 2.75) is 89.6 Å². The zero-order valence-electron chi connectivity index (χ0n) is 48.0. The van der Waals surface area contributed by atoms with Gasteiger partial charge in [0.25, 0.3) is 17.4 Å². The molecule has 6 heterocycles. The minimum atomic E-state index is -0.611. The number of nitrogens with zero attached hydrogens (tertiary/aromatic N) is 9. The van der Waals surface area contributed by atoms with Gasteiger partial charge in [-0.25, -0.2) is 14.5 Å².